The predicted octanol–water partition coefficient (Wildman–Crippen LogP) is 10.3. The second kappa shape index (κ2) is 13.2. The molecule has 0 aliphatic heterocycles. The van der Waals surface area contributed by atoms with Gasteiger partial charge in [0.25, 0.3) is 0 Å². The van der Waals surface area contributed by atoms with E-state index in [1.807, 2.05) is 42.5 Å². The van der Waals surface area contributed by atoms with Gasteiger partial charge in [-0.15, -0.1) is 48.0 Å². The van der Waals surface area contributed by atoms with Gasteiger partial charge in [-0.25, -0.2) is 0 Å². The second-order valence-electron chi connectivity index (χ2n) is 13.7. The summed E-state index contributed by atoms with van der Waals surface area (Å²) in [4.78, 5) is 9.20. The zero-order valence-corrected chi connectivity index (χ0v) is 31.2. The number of aromatic nitrogens is 3. The predicted molar refractivity (Wildman–Crippen MR) is 198 cm³/mol. The second-order valence-corrected chi connectivity index (χ2v) is 18.7. The number of hydrogen-bond donors (Lipinski definition) is 0. The standard InChI is InChI=1S/C31H31N2Si.C11H8N.Ir/c1-19(2)14-22-17-27(32-18-29(22)34(4,5)6)21-15-20(3)30-26(16-21)25-12-9-11-24-23-10-7-8-13-28(23)33(30)31(24)25;1-2-6-10(7-3-1)11-8-4-5-9-12-11;/h7-13,15,17-19H,14H2,1-6H3;1-6,8-9H;/q2*-1;. The summed E-state index contributed by atoms with van der Waals surface area (Å²) in [5.41, 5.74) is 10.7. The molecule has 0 aliphatic rings. The van der Waals surface area contributed by atoms with E-state index in [0.717, 1.165) is 28.9 Å². The number of rotatable bonds is 5. The van der Waals surface area contributed by atoms with Crippen LogP contribution in [-0.4, -0.2) is 22.4 Å². The molecule has 3 nitrogen and oxygen atoms in total. The first-order valence-corrected chi connectivity index (χ1v) is 19.7. The van der Waals surface area contributed by atoms with E-state index >= 15 is 0 Å². The van der Waals surface area contributed by atoms with Crippen molar-refractivity contribution < 1.29 is 20.1 Å². The van der Waals surface area contributed by atoms with Gasteiger partial charge >= 0.3 is 0 Å². The molecule has 237 valence electrons. The van der Waals surface area contributed by atoms with Crippen molar-refractivity contribution in [1.29, 1.82) is 0 Å². The van der Waals surface area contributed by atoms with Crippen molar-refractivity contribution in [1.82, 2.24) is 14.4 Å². The molecular weight excluding hydrogens is 767 g/mol. The van der Waals surface area contributed by atoms with E-state index in [9.17, 15) is 0 Å². The molecule has 0 spiro atoms. The van der Waals surface area contributed by atoms with Crippen LogP contribution in [-0.2, 0) is 26.5 Å². The molecule has 0 unspecified atom stereocenters. The van der Waals surface area contributed by atoms with Gasteiger partial charge in [-0.3, -0.25) is 4.98 Å². The molecule has 47 heavy (non-hydrogen) atoms. The molecule has 0 fully saturated rings. The Kier molecular flexibility index (Phi) is 9.17. The molecule has 0 aliphatic carbocycles. The van der Waals surface area contributed by atoms with Crippen molar-refractivity contribution in [3.05, 3.63) is 133 Å². The normalized spacial score (nSPS) is 11.7. The number of hydrogen-bond acceptors (Lipinski definition) is 2. The van der Waals surface area contributed by atoms with E-state index in [0.29, 0.717) is 5.92 Å². The minimum Gasteiger partial charge on any atom is -0.348 e. The molecule has 8 aromatic rings. The van der Waals surface area contributed by atoms with E-state index in [4.69, 9.17) is 4.98 Å². The van der Waals surface area contributed by atoms with Crippen molar-refractivity contribution >= 4 is 51.4 Å². The third kappa shape index (κ3) is 6.16. The summed E-state index contributed by atoms with van der Waals surface area (Å²) >= 11 is 0. The topological polar surface area (TPSA) is 30.2 Å². The Morgan fingerprint density at radius 2 is 1.49 bits per heavy atom. The smallest absolute Gasteiger partial charge is 0.0799 e. The van der Waals surface area contributed by atoms with E-state index in [2.05, 4.69) is 123 Å². The maximum atomic E-state index is 4.98. The summed E-state index contributed by atoms with van der Waals surface area (Å²) in [7, 11) is -1.46. The molecule has 0 N–H and O–H groups in total. The summed E-state index contributed by atoms with van der Waals surface area (Å²) in [5, 5.41) is 6.58. The van der Waals surface area contributed by atoms with Crippen LogP contribution in [0.25, 0.3) is 60.6 Å². The summed E-state index contributed by atoms with van der Waals surface area (Å²) in [6, 6.07) is 40.7. The van der Waals surface area contributed by atoms with Crippen molar-refractivity contribution in [2.24, 2.45) is 5.92 Å². The van der Waals surface area contributed by atoms with Gasteiger partial charge in [0.2, 0.25) is 0 Å². The van der Waals surface area contributed by atoms with E-state index in [-0.39, 0.29) is 20.1 Å². The molecule has 4 heterocycles. The summed E-state index contributed by atoms with van der Waals surface area (Å²) < 4.78 is 2.44. The van der Waals surface area contributed by atoms with Crippen LogP contribution in [0, 0.1) is 25.0 Å². The molecule has 0 saturated heterocycles. The number of para-hydroxylation sites is 2. The minimum atomic E-state index is -1.46. The van der Waals surface area contributed by atoms with Crippen LogP contribution in [0.4, 0.5) is 0 Å². The van der Waals surface area contributed by atoms with Crippen molar-refractivity contribution in [3.8, 4) is 22.5 Å². The van der Waals surface area contributed by atoms with Crippen LogP contribution in [0.1, 0.15) is 25.0 Å². The monoisotopic (exact) mass is 806 g/mol. The van der Waals surface area contributed by atoms with Gasteiger partial charge in [0.15, 0.2) is 0 Å². The van der Waals surface area contributed by atoms with Crippen LogP contribution >= 0.6 is 0 Å². The Hall–Kier alpha value is -4.15. The number of nitrogens with zero attached hydrogens (tertiary/aromatic N) is 3. The Balaban J connectivity index is 0.000000250. The first kappa shape index (κ1) is 32.8. The molecule has 0 atom stereocenters. The fourth-order valence-corrected chi connectivity index (χ4v) is 8.38. The number of aryl methyl sites for hydroxylation is 1. The first-order chi connectivity index (χ1) is 22.2. The first-order valence-electron chi connectivity index (χ1n) is 16.2. The molecule has 1 radical (unpaired) electrons. The molecule has 4 aromatic heterocycles. The van der Waals surface area contributed by atoms with Gasteiger partial charge in [-0.2, -0.15) is 0 Å². The van der Waals surface area contributed by atoms with Crippen LogP contribution in [0.5, 0.6) is 0 Å². The maximum absolute atomic E-state index is 4.98. The summed E-state index contributed by atoms with van der Waals surface area (Å²) in [5.74, 6) is 0.618. The van der Waals surface area contributed by atoms with E-state index in [1.165, 1.54) is 54.4 Å². The molecule has 0 saturated carbocycles. The minimum absolute atomic E-state index is 0. The fraction of sp³-hybridized carbons (Fsp3) is 0.190. The summed E-state index contributed by atoms with van der Waals surface area (Å²) in [6.07, 6.45) is 5.04. The van der Waals surface area contributed by atoms with Crippen LogP contribution in [0.3, 0.4) is 0 Å². The molecular formula is C42H39IrN3Si-2. The molecule has 0 bridgehead atoms. The molecule has 4 aromatic carbocycles. The van der Waals surface area contributed by atoms with Crippen LogP contribution < -0.4 is 5.19 Å². The average molecular weight is 806 g/mol. The number of benzene rings is 4. The molecule has 0 amide bonds. The van der Waals surface area contributed by atoms with Crippen molar-refractivity contribution in [3.63, 3.8) is 0 Å². The van der Waals surface area contributed by atoms with Gasteiger partial charge in [0, 0.05) is 60.0 Å². The van der Waals surface area contributed by atoms with Gasteiger partial charge in [0.05, 0.1) is 8.07 Å². The Bertz CT molecular complexity index is 2260. The van der Waals surface area contributed by atoms with Gasteiger partial charge in [0.1, 0.15) is 0 Å². The average Bonchev–Trinajstić information content (AvgIpc) is 3.58. The zero-order valence-electron chi connectivity index (χ0n) is 27.9. The van der Waals surface area contributed by atoms with Crippen molar-refractivity contribution in [2.45, 2.75) is 46.8 Å². The zero-order chi connectivity index (χ0) is 32.0. The third-order valence-electron chi connectivity index (χ3n) is 8.77. The Labute approximate surface area is 292 Å². The quantitative estimate of drug-likeness (QED) is 0.128. The Morgan fingerprint density at radius 1 is 0.745 bits per heavy atom. The largest absolute Gasteiger partial charge is 0.348 e. The summed E-state index contributed by atoms with van der Waals surface area (Å²) in [6.45, 7) is 14.1. The Morgan fingerprint density at radius 3 is 2.21 bits per heavy atom. The maximum Gasteiger partial charge on any atom is 0.0799 e. The van der Waals surface area contributed by atoms with Gasteiger partial charge < -0.3 is 9.38 Å². The number of pyridine rings is 2. The van der Waals surface area contributed by atoms with Gasteiger partial charge in [-0.05, 0) is 40.9 Å². The van der Waals surface area contributed by atoms with E-state index < -0.39 is 8.07 Å². The molecule has 8 rings (SSSR count). The van der Waals surface area contributed by atoms with Crippen LogP contribution in [0.2, 0.25) is 19.6 Å². The number of fused-ring (bicyclic) bond motifs is 6. The van der Waals surface area contributed by atoms with Crippen molar-refractivity contribution in [2.75, 3.05) is 0 Å². The molecule has 5 heteroatoms. The van der Waals surface area contributed by atoms with E-state index in [1.54, 1.807) is 6.20 Å². The van der Waals surface area contributed by atoms with Gasteiger partial charge in [-0.1, -0.05) is 122 Å². The third-order valence-corrected chi connectivity index (χ3v) is 10.8. The SMILES string of the molecule is Cc1cc(-c2cc(CC(C)C)c([Si](C)(C)C)cn2)[c-]c2c3cccc4c5ccccc5n(c12)c34.[Ir].[c-]1ccccc1-c1ccccn1. The fourth-order valence-electron chi connectivity index (χ4n) is 6.79. The van der Waals surface area contributed by atoms with Crippen LogP contribution in [0.15, 0.2) is 109 Å².